The number of aromatic nitrogens is 1. The van der Waals surface area contributed by atoms with Crippen LogP contribution < -0.4 is 11.3 Å². The maximum atomic E-state index is 12.8. The van der Waals surface area contributed by atoms with Crippen LogP contribution in [0.15, 0.2) is 35.1 Å². The molecule has 1 fully saturated rings. The number of nitrogens with zero attached hydrogens (tertiary/aromatic N) is 1. The van der Waals surface area contributed by atoms with Gasteiger partial charge >= 0.3 is 0 Å². The van der Waals surface area contributed by atoms with E-state index in [9.17, 15) is 4.79 Å². The largest absolute Gasteiger partial charge is 0.320 e. The fourth-order valence-electron chi connectivity index (χ4n) is 2.95. The van der Waals surface area contributed by atoms with E-state index in [0.29, 0.717) is 11.6 Å². The molecule has 1 unspecified atom stereocenters. The van der Waals surface area contributed by atoms with Gasteiger partial charge in [-0.2, -0.15) is 0 Å². The minimum atomic E-state index is -0.358. The highest BCUT2D eigenvalue weighted by Crippen LogP contribution is 2.35. The predicted octanol–water partition coefficient (Wildman–Crippen LogP) is 3.16. The van der Waals surface area contributed by atoms with Gasteiger partial charge in [-0.3, -0.25) is 4.79 Å². The van der Waals surface area contributed by atoms with Crippen LogP contribution in [0.2, 0.25) is 0 Å². The molecule has 1 aliphatic carbocycles. The van der Waals surface area contributed by atoms with Gasteiger partial charge in [0.25, 0.3) is 5.56 Å². The molecule has 1 aromatic heterocycles. The lowest BCUT2D eigenvalue weighted by Gasteiger charge is -2.18. The van der Waals surface area contributed by atoms with Crippen molar-refractivity contribution in [1.29, 1.82) is 0 Å². The molecule has 3 rings (SSSR count). The predicted molar refractivity (Wildman–Crippen MR) is 85.7 cm³/mol. The molecular formula is C18H22N2O. The van der Waals surface area contributed by atoms with Crippen molar-refractivity contribution in [2.24, 2.45) is 5.73 Å². The lowest BCUT2D eigenvalue weighted by atomic mass is 9.95. The Bertz CT molecular complexity index is 741. The third-order valence-corrected chi connectivity index (χ3v) is 4.37. The highest BCUT2D eigenvalue weighted by molar-refractivity contribution is 5.38. The molecule has 1 atom stereocenters. The van der Waals surface area contributed by atoms with E-state index >= 15 is 0 Å². The van der Waals surface area contributed by atoms with Crippen LogP contribution in [-0.2, 0) is 0 Å². The topological polar surface area (TPSA) is 48.0 Å². The maximum absolute atomic E-state index is 12.8. The van der Waals surface area contributed by atoms with Crippen LogP contribution in [0.3, 0.4) is 0 Å². The summed E-state index contributed by atoms with van der Waals surface area (Å²) in [5.41, 5.74) is 11.5. The molecule has 0 aliphatic heterocycles. The first-order chi connectivity index (χ1) is 9.99. The summed E-state index contributed by atoms with van der Waals surface area (Å²) in [4.78, 5) is 12.8. The molecule has 3 heteroatoms. The number of nitrogens with two attached hydrogens (primary N) is 1. The molecule has 21 heavy (non-hydrogen) atoms. The van der Waals surface area contributed by atoms with Crippen molar-refractivity contribution >= 4 is 0 Å². The minimum absolute atomic E-state index is 0.0749. The summed E-state index contributed by atoms with van der Waals surface area (Å²) in [5.74, 6) is 0. The van der Waals surface area contributed by atoms with Crippen molar-refractivity contribution < 1.29 is 0 Å². The summed E-state index contributed by atoms with van der Waals surface area (Å²) in [7, 11) is 0. The minimum Gasteiger partial charge on any atom is -0.320 e. The zero-order valence-corrected chi connectivity index (χ0v) is 12.9. The van der Waals surface area contributed by atoms with Crippen LogP contribution in [0.4, 0.5) is 0 Å². The van der Waals surface area contributed by atoms with E-state index in [1.807, 2.05) is 37.5 Å². The molecular weight excluding hydrogens is 260 g/mol. The quantitative estimate of drug-likeness (QED) is 0.940. The average molecular weight is 282 g/mol. The van der Waals surface area contributed by atoms with Gasteiger partial charge in [0.15, 0.2) is 0 Å². The van der Waals surface area contributed by atoms with Gasteiger partial charge in [0.05, 0.1) is 6.04 Å². The van der Waals surface area contributed by atoms with E-state index < -0.39 is 0 Å². The molecule has 1 aromatic carbocycles. The monoisotopic (exact) mass is 282 g/mol. The third-order valence-electron chi connectivity index (χ3n) is 4.37. The molecule has 0 bridgehead atoms. The van der Waals surface area contributed by atoms with E-state index in [2.05, 4.69) is 18.2 Å². The van der Waals surface area contributed by atoms with E-state index in [4.69, 9.17) is 5.73 Å². The summed E-state index contributed by atoms with van der Waals surface area (Å²) in [6.45, 7) is 6.09. The molecule has 110 valence electrons. The Hall–Kier alpha value is -1.87. The van der Waals surface area contributed by atoms with Gasteiger partial charge in [0, 0.05) is 17.3 Å². The van der Waals surface area contributed by atoms with Crippen molar-refractivity contribution in [2.75, 3.05) is 0 Å². The van der Waals surface area contributed by atoms with E-state index in [0.717, 1.165) is 29.7 Å². The van der Waals surface area contributed by atoms with Gasteiger partial charge in [-0.05, 0) is 56.9 Å². The smallest absolute Gasteiger partial charge is 0.256 e. The summed E-state index contributed by atoms with van der Waals surface area (Å²) in [6.07, 6.45) is 2.20. The zero-order chi connectivity index (χ0) is 15.1. The molecule has 1 saturated carbocycles. The molecule has 0 saturated heterocycles. The Kier molecular flexibility index (Phi) is 3.46. The van der Waals surface area contributed by atoms with E-state index in [-0.39, 0.29) is 11.6 Å². The van der Waals surface area contributed by atoms with Crippen LogP contribution in [0.5, 0.6) is 0 Å². The van der Waals surface area contributed by atoms with E-state index in [1.165, 1.54) is 5.56 Å². The van der Waals surface area contributed by atoms with Gasteiger partial charge < -0.3 is 10.3 Å². The first-order valence-corrected chi connectivity index (χ1v) is 7.54. The fourth-order valence-corrected chi connectivity index (χ4v) is 2.95. The second-order valence-electron chi connectivity index (χ2n) is 6.17. The summed E-state index contributed by atoms with van der Waals surface area (Å²) in [5, 5.41) is 0. The van der Waals surface area contributed by atoms with Gasteiger partial charge in [0.1, 0.15) is 0 Å². The number of rotatable bonds is 3. The average Bonchev–Trinajstić information content (AvgIpc) is 3.26. The Morgan fingerprint density at radius 1 is 1.10 bits per heavy atom. The van der Waals surface area contributed by atoms with Crippen molar-refractivity contribution in [3.05, 3.63) is 68.6 Å². The number of pyridine rings is 1. The molecule has 1 heterocycles. The molecule has 3 nitrogen and oxygen atoms in total. The molecule has 0 radical (unpaired) electrons. The number of hydrogen-bond acceptors (Lipinski definition) is 2. The summed E-state index contributed by atoms with van der Waals surface area (Å²) >= 11 is 0. The van der Waals surface area contributed by atoms with E-state index in [1.54, 1.807) is 0 Å². The van der Waals surface area contributed by atoms with Crippen LogP contribution in [0.25, 0.3) is 0 Å². The Balaban J connectivity index is 2.10. The Morgan fingerprint density at radius 2 is 1.81 bits per heavy atom. The van der Waals surface area contributed by atoms with Crippen LogP contribution >= 0.6 is 0 Å². The van der Waals surface area contributed by atoms with Crippen LogP contribution in [-0.4, -0.2) is 4.57 Å². The van der Waals surface area contributed by atoms with Gasteiger partial charge in [-0.15, -0.1) is 0 Å². The summed E-state index contributed by atoms with van der Waals surface area (Å²) in [6, 6.07) is 10.1. The molecule has 0 amide bonds. The lowest BCUT2D eigenvalue weighted by molar-refractivity contribution is 0.662. The van der Waals surface area contributed by atoms with Gasteiger partial charge in [-0.25, -0.2) is 0 Å². The highest BCUT2D eigenvalue weighted by atomic mass is 16.1. The lowest BCUT2D eigenvalue weighted by Crippen LogP contribution is -2.29. The molecule has 2 aromatic rings. The second-order valence-corrected chi connectivity index (χ2v) is 6.17. The number of aryl methyl sites for hydroxylation is 3. The Morgan fingerprint density at radius 3 is 2.48 bits per heavy atom. The van der Waals surface area contributed by atoms with Gasteiger partial charge in [0.2, 0.25) is 0 Å². The standard InChI is InChI=1S/C18H22N2O/c1-11-4-5-12(2)16(10-11)17(19)15-9-6-13(3)20(18(15)21)14-7-8-14/h4-6,9-10,14,17H,7-8,19H2,1-3H3. The first kappa shape index (κ1) is 14.1. The van der Waals surface area contributed by atoms with Crippen molar-refractivity contribution in [3.8, 4) is 0 Å². The second kappa shape index (κ2) is 5.15. The SMILES string of the molecule is Cc1ccc(C)c(C(N)c2ccc(C)n(C3CC3)c2=O)c1. The molecule has 1 aliphatic rings. The number of benzene rings is 1. The normalized spacial score (nSPS) is 16.0. The number of hydrogen-bond donors (Lipinski definition) is 1. The zero-order valence-electron chi connectivity index (χ0n) is 12.9. The van der Waals surface area contributed by atoms with Crippen molar-refractivity contribution in [1.82, 2.24) is 4.57 Å². The fraction of sp³-hybridized carbons (Fsp3) is 0.389. The molecule has 0 spiro atoms. The van der Waals surface area contributed by atoms with Crippen molar-refractivity contribution in [2.45, 2.75) is 45.7 Å². The van der Waals surface area contributed by atoms with Crippen LogP contribution in [0.1, 0.15) is 52.9 Å². The van der Waals surface area contributed by atoms with Crippen molar-refractivity contribution in [3.63, 3.8) is 0 Å². The van der Waals surface area contributed by atoms with Crippen LogP contribution in [0, 0.1) is 20.8 Å². The highest BCUT2D eigenvalue weighted by Gasteiger charge is 2.27. The third kappa shape index (κ3) is 2.54. The van der Waals surface area contributed by atoms with Gasteiger partial charge in [-0.1, -0.05) is 23.8 Å². The first-order valence-electron chi connectivity index (χ1n) is 7.54. The summed E-state index contributed by atoms with van der Waals surface area (Å²) < 4.78 is 1.92. The molecule has 2 N–H and O–H groups in total. The maximum Gasteiger partial charge on any atom is 0.256 e. The Labute approximate surface area is 125 Å².